The molecule has 21 heavy (non-hydrogen) atoms. The Morgan fingerprint density at radius 2 is 1.62 bits per heavy atom. The van der Waals surface area contributed by atoms with E-state index < -0.39 is 5.56 Å². The lowest BCUT2D eigenvalue weighted by molar-refractivity contribution is 0.564. The largest absolute Gasteiger partial charge is 0.425 e. The normalized spacial score (nSPS) is 10.5. The first kappa shape index (κ1) is 13.1. The molecule has 0 saturated heterocycles. The summed E-state index contributed by atoms with van der Waals surface area (Å²) in [4.78, 5) is 14.9. The van der Waals surface area contributed by atoms with Gasteiger partial charge in [-0.15, -0.1) is 0 Å². The average Bonchev–Trinajstić information content (AvgIpc) is 2.46. The highest BCUT2D eigenvalue weighted by Gasteiger charge is 2.06. The fourth-order valence-corrected chi connectivity index (χ4v) is 2.24. The fraction of sp³-hybridized carbons (Fsp3) is 0.0588. The summed E-state index contributed by atoms with van der Waals surface area (Å²) in [6.07, 6.45) is 0. The van der Waals surface area contributed by atoms with Gasteiger partial charge in [0.1, 0.15) is 5.76 Å². The molecule has 104 valence electrons. The Morgan fingerprint density at radius 1 is 0.952 bits per heavy atom. The van der Waals surface area contributed by atoms with Crippen molar-refractivity contribution in [3.05, 3.63) is 70.5 Å². The van der Waals surface area contributed by atoms with Crippen molar-refractivity contribution in [2.45, 2.75) is 6.92 Å². The number of aromatic nitrogens is 1. The molecule has 0 spiro atoms. The molecule has 0 atom stereocenters. The Labute approximate surface area is 121 Å². The van der Waals surface area contributed by atoms with Crippen molar-refractivity contribution in [1.29, 1.82) is 0 Å². The van der Waals surface area contributed by atoms with Gasteiger partial charge in [0.15, 0.2) is 0 Å². The van der Waals surface area contributed by atoms with Gasteiger partial charge in [-0.3, -0.25) is 4.79 Å². The van der Waals surface area contributed by atoms with Gasteiger partial charge in [-0.2, -0.15) is 4.98 Å². The number of benzene rings is 2. The Bertz CT molecular complexity index is 853. The second-order valence-electron chi connectivity index (χ2n) is 4.85. The number of nitrogens with zero attached hydrogens (tertiary/aromatic N) is 1. The molecule has 0 bridgehead atoms. The monoisotopic (exact) mass is 278 g/mol. The van der Waals surface area contributed by atoms with Crippen molar-refractivity contribution >= 4 is 6.01 Å². The molecular weight excluding hydrogens is 264 g/mol. The van der Waals surface area contributed by atoms with E-state index in [0.29, 0.717) is 5.76 Å². The highest BCUT2D eigenvalue weighted by molar-refractivity contribution is 5.71. The van der Waals surface area contributed by atoms with Crippen LogP contribution in [0.3, 0.4) is 0 Å². The highest BCUT2D eigenvalue weighted by Crippen LogP contribution is 2.26. The number of hydrogen-bond acceptors (Lipinski definition) is 4. The number of hydrogen-bond donors (Lipinski definition) is 1. The minimum absolute atomic E-state index is 0.126. The standard InChI is InChI=1S/C17H14N2O2/c1-11-4-2-5-12(8-11)13-6-3-7-14(9-13)15-10-16(20)19-17(18)21-15/h2-10H,1H3,(H2,18,19,20). The lowest BCUT2D eigenvalue weighted by atomic mass is 10.0. The van der Waals surface area contributed by atoms with Crippen LogP contribution in [-0.4, -0.2) is 4.98 Å². The summed E-state index contributed by atoms with van der Waals surface area (Å²) in [5, 5.41) is 0. The van der Waals surface area contributed by atoms with Crippen LogP contribution in [0.1, 0.15) is 5.56 Å². The lowest BCUT2D eigenvalue weighted by Gasteiger charge is -2.06. The van der Waals surface area contributed by atoms with Crippen LogP contribution >= 0.6 is 0 Å². The maximum Gasteiger partial charge on any atom is 0.295 e. The summed E-state index contributed by atoms with van der Waals surface area (Å²) in [7, 11) is 0. The third-order valence-electron chi connectivity index (χ3n) is 3.19. The molecule has 4 heteroatoms. The van der Waals surface area contributed by atoms with Crippen LogP contribution in [0.4, 0.5) is 6.01 Å². The quantitative estimate of drug-likeness (QED) is 0.781. The summed E-state index contributed by atoms with van der Waals surface area (Å²) in [6, 6.07) is 17.2. The first-order chi connectivity index (χ1) is 10.1. The second kappa shape index (κ2) is 5.25. The first-order valence-corrected chi connectivity index (χ1v) is 6.57. The van der Waals surface area contributed by atoms with Crippen LogP contribution in [0.15, 0.2) is 63.8 Å². The summed E-state index contributed by atoms with van der Waals surface area (Å²) >= 11 is 0. The smallest absolute Gasteiger partial charge is 0.295 e. The number of rotatable bonds is 2. The lowest BCUT2D eigenvalue weighted by Crippen LogP contribution is -2.07. The van der Waals surface area contributed by atoms with E-state index >= 15 is 0 Å². The Morgan fingerprint density at radius 3 is 2.33 bits per heavy atom. The Balaban J connectivity index is 2.10. The Hall–Kier alpha value is -2.88. The second-order valence-corrected chi connectivity index (χ2v) is 4.85. The third-order valence-corrected chi connectivity index (χ3v) is 3.19. The molecule has 2 N–H and O–H groups in total. The van der Waals surface area contributed by atoms with E-state index in [2.05, 4.69) is 24.0 Å². The molecule has 1 aromatic heterocycles. The van der Waals surface area contributed by atoms with Crippen molar-refractivity contribution in [3.8, 4) is 22.5 Å². The van der Waals surface area contributed by atoms with Crippen molar-refractivity contribution in [1.82, 2.24) is 4.98 Å². The molecule has 0 saturated carbocycles. The maximum absolute atomic E-state index is 11.4. The summed E-state index contributed by atoms with van der Waals surface area (Å²) in [5.41, 5.74) is 9.23. The van der Waals surface area contributed by atoms with Crippen LogP contribution < -0.4 is 11.3 Å². The summed E-state index contributed by atoms with van der Waals surface area (Å²) in [6.45, 7) is 2.05. The molecule has 3 rings (SSSR count). The van der Waals surface area contributed by atoms with Crippen molar-refractivity contribution in [2.75, 3.05) is 5.73 Å². The van der Waals surface area contributed by atoms with Crippen molar-refractivity contribution in [3.63, 3.8) is 0 Å². The summed E-state index contributed by atoms with van der Waals surface area (Å²) in [5.74, 6) is 0.419. The van der Waals surface area contributed by atoms with E-state index in [1.165, 1.54) is 11.6 Å². The fourth-order valence-electron chi connectivity index (χ4n) is 2.24. The van der Waals surface area contributed by atoms with Gasteiger partial charge < -0.3 is 10.2 Å². The molecule has 0 aliphatic rings. The molecule has 0 aliphatic heterocycles. The molecule has 0 aliphatic carbocycles. The van der Waals surface area contributed by atoms with Gasteiger partial charge in [0.05, 0.1) is 0 Å². The van der Waals surface area contributed by atoms with E-state index in [-0.39, 0.29) is 6.01 Å². The molecule has 0 radical (unpaired) electrons. The van der Waals surface area contributed by atoms with Crippen LogP contribution in [0, 0.1) is 6.92 Å². The van der Waals surface area contributed by atoms with Gasteiger partial charge in [0.25, 0.3) is 11.6 Å². The van der Waals surface area contributed by atoms with Crippen LogP contribution in [0.25, 0.3) is 22.5 Å². The third kappa shape index (κ3) is 2.84. The van der Waals surface area contributed by atoms with E-state index in [0.717, 1.165) is 16.7 Å². The van der Waals surface area contributed by atoms with Gasteiger partial charge in [-0.1, -0.05) is 48.0 Å². The van der Waals surface area contributed by atoms with Gasteiger partial charge in [-0.05, 0) is 24.1 Å². The predicted octanol–water partition coefficient (Wildman–Crippen LogP) is 3.26. The molecule has 0 amide bonds. The average molecular weight is 278 g/mol. The molecule has 2 aromatic carbocycles. The number of aryl methyl sites for hydroxylation is 1. The van der Waals surface area contributed by atoms with Crippen LogP contribution in [-0.2, 0) is 0 Å². The molecular formula is C17H14N2O2. The maximum atomic E-state index is 11.4. The zero-order valence-corrected chi connectivity index (χ0v) is 11.5. The van der Waals surface area contributed by atoms with Crippen molar-refractivity contribution < 1.29 is 4.42 Å². The van der Waals surface area contributed by atoms with Crippen LogP contribution in [0.5, 0.6) is 0 Å². The minimum Gasteiger partial charge on any atom is -0.425 e. The molecule has 4 nitrogen and oxygen atoms in total. The zero-order chi connectivity index (χ0) is 14.8. The van der Waals surface area contributed by atoms with Crippen molar-refractivity contribution in [2.24, 2.45) is 0 Å². The van der Waals surface area contributed by atoms with E-state index in [4.69, 9.17) is 10.2 Å². The molecule has 1 heterocycles. The van der Waals surface area contributed by atoms with Gasteiger partial charge in [-0.25, -0.2) is 0 Å². The molecule has 0 unspecified atom stereocenters. The van der Waals surface area contributed by atoms with Gasteiger partial charge in [0, 0.05) is 11.6 Å². The highest BCUT2D eigenvalue weighted by atomic mass is 16.4. The number of nitrogen functional groups attached to an aromatic ring is 1. The van der Waals surface area contributed by atoms with Crippen LogP contribution in [0.2, 0.25) is 0 Å². The first-order valence-electron chi connectivity index (χ1n) is 6.57. The minimum atomic E-state index is -0.408. The topological polar surface area (TPSA) is 69.1 Å². The van der Waals surface area contributed by atoms with Gasteiger partial charge >= 0.3 is 0 Å². The number of anilines is 1. The molecule has 0 fully saturated rings. The predicted molar refractivity (Wildman–Crippen MR) is 82.8 cm³/mol. The van der Waals surface area contributed by atoms with E-state index in [1.54, 1.807) is 0 Å². The number of nitrogens with two attached hydrogens (primary N) is 1. The SMILES string of the molecule is Cc1cccc(-c2cccc(-c3cc(=O)nc(N)o3)c2)c1. The van der Waals surface area contributed by atoms with Gasteiger partial charge in [0.2, 0.25) is 0 Å². The van der Waals surface area contributed by atoms with E-state index in [1.807, 2.05) is 36.4 Å². The molecule has 3 aromatic rings. The summed E-state index contributed by atoms with van der Waals surface area (Å²) < 4.78 is 5.33. The van der Waals surface area contributed by atoms with E-state index in [9.17, 15) is 4.79 Å². The Kier molecular flexibility index (Phi) is 3.28. The zero-order valence-electron chi connectivity index (χ0n) is 11.5.